The molecule has 0 heterocycles. The van der Waals surface area contributed by atoms with Gasteiger partial charge in [0.15, 0.2) is 18.2 Å². The lowest BCUT2D eigenvalue weighted by atomic mass is 9.98. The largest absolute Gasteiger partial charge is 0.481 e. The van der Waals surface area contributed by atoms with Gasteiger partial charge in [-0.25, -0.2) is 8.78 Å². The van der Waals surface area contributed by atoms with Gasteiger partial charge in [0.05, 0.1) is 11.1 Å². The Hall–Kier alpha value is -4.15. The van der Waals surface area contributed by atoms with Gasteiger partial charge in [-0.3, -0.25) is 9.59 Å². The zero-order valence-corrected chi connectivity index (χ0v) is 19.4. The molecule has 0 radical (unpaired) electrons. The summed E-state index contributed by atoms with van der Waals surface area (Å²) in [5, 5.41) is 2.40. The molecule has 11 heteroatoms. The molecule has 0 bridgehead atoms. The van der Waals surface area contributed by atoms with Crippen LogP contribution in [0.4, 0.5) is 27.6 Å². The van der Waals surface area contributed by atoms with E-state index in [4.69, 9.17) is 15.2 Å². The van der Waals surface area contributed by atoms with Crippen molar-refractivity contribution in [1.82, 2.24) is 0 Å². The standard InChI is InChI=1S/C26H21F5N2O4/c1-13-8-15(27)4-7-21(13)37-22-11-17(14-2-3-14)19(26(29,30)31)10-18(22)25(35)33-16-5-6-20(28)23(9-16)36-12-24(32)34/h4-11,14H,2-3,12H2,1H3,(H2,32,34)(H,33,35). The summed E-state index contributed by atoms with van der Waals surface area (Å²) in [6.45, 7) is 0.928. The van der Waals surface area contributed by atoms with Crippen LogP contribution in [0.5, 0.6) is 17.2 Å². The van der Waals surface area contributed by atoms with Gasteiger partial charge in [-0.1, -0.05) is 0 Å². The zero-order chi connectivity index (χ0) is 26.9. The minimum absolute atomic E-state index is 0.00253. The Morgan fingerprint density at radius 1 is 1.00 bits per heavy atom. The molecule has 1 fully saturated rings. The molecule has 6 nitrogen and oxygen atoms in total. The number of carbonyl (C=O) groups excluding carboxylic acids is 2. The number of halogens is 5. The van der Waals surface area contributed by atoms with Crippen LogP contribution in [0.3, 0.4) is 0 Å². The number of nitrogens with two attached hydrogens (primary N) is 1. The summed E-state index contributed by atoms with van der Waals surface area (Å²) >= 11 is 0. The van der Waals surface area contributed by atoms with Gasteiger partial charge in [-0.05, 0) is 79.3 Å². The van der Waals surface area contributed by atoms with Gasteiger partial charge < -0.3 is 20.5 Å². The smallest absolute Gasteiger partial charge is 0.416 e. The van der Waals surface area contributed by atoms with E-state index in [1.54, 1.807) is 6.92 Å². The van der Waals surface area contributed by atoms with Crippen LogP contribution in [0.25, 0.3) is 0 Å². The Morgan fingerprint density at radius 3 is 2.35 bits per heavy atom. The van der Waals surface area contributed by atoms with Crippen LogP contribution in [-0.2, 0) is 11.0 Å². The molecule has 0 saturated heterocycles. The molecular formula is C26H21F5N2O4. The number of rotatable bonds is 8. The van der Waals surface area contributed by atoms with Gasteiger partial charge >= 0.3 is 6.18 Å². The van der Waals surface area contributed by atoms with Gasteiger partial charge in [0.2, 0.25) is 0 Å². The maximum atomic E-state index is 14.0. The maximum Gasteiger partial charge on any atom is 0.416 e. The first kappa shape index (κ1) is 25.9. The van der Waals surface area contributed by atoms with E-state index in [0.29, 0.717) is 24.5 Å². The van der Waals surface area contributed by atoms with Gasteiger partial charge in [0.1, 0.15) is 17.3 Å². The van der Waals surface area contributed by atoms with Crippen molar-refractivity contribution in [3.05, 3.63) is 82.4 Å². The highest BCUT2D eigenvalue weighted by Gasteiger charge is 2.40. The molecular weight excluding hydrogens is 499 g/mol. The van der Waals surface area contributed by atoms with Crippen molar-refractivity contribution in [3.63, 3.8) is 0 Å². The van der Waals surface area contributed by atoms with Crippen LogP contribution >= 0.6 is 0 Å². The number of amides is 2. The predicted molar refractivity (Wildman–Crippen MR) is 124 cm³/mol. The lowest BCUT2D eigenvalue weighted by molar-refractivity contribution is -0.138. The van der Waals surface area contributed by atoms with Crippen molar-refractivity contribution in [1.29, 1.82) is 0 Å². The average Bonchev–Trinajstić information content (AvgIpc) is 3.65. The molecule has 2 amide bonds. The quantitative estimate of drug-likeness (QED) is 0.353. The molecule has 3 aromatic rings. The molecule has 0 spiro atoms. The number of ether oxygens (including phenoxy) is 2. The van der Waals surface area contributed by atoms with E-state index in [1.807, 2.05) is 0 Å². The van der Waals surface area contributed by atoms with E-state index < -0.39 is 53.1 Å². The molecule has 4 rings (SSSR count). The summed E-state index contributed by atoms with van der Waals surface area (Å²) in [6, 6.07) is 8.69. The number of alkyl halides is 3. The molecule has 3 N–H and O–H groups in total. The van der Waals surface area contributed by atoms with Crippen LogP contribution in [0, 0.1) is 18.6 Å². The molecule has 0 aromatic heterocycles. The molecule has 1 aliphatic carbocycles. The first-order valence-corrected chi connectivity index (χ1v) is 11.1. The highest BCUT2D eigenvalue weighted by atomic mass is 19.4. The number of benzene rings is 3. The fourth-order valence-electron chi connectivity index (χ4n) is 3.72. The molecule has 3 aromatic carbocycles. The summed E-state index contributed by atoms with van der Waals surface area (Å²) < 4.78 is 80.1. The van der Waals surface area contributed by atoms with Gasteiger partial charge in [-0.15, -0.1) is 0 Å². The Labute approximate surface area is 208 Å². The van der Waals surface area contributed by atoms with E-state index in [-0.39, 0.29) is 28.7 Å². The third kappa shape index (κ3) is 6.16. The van der Waals surface area contributed by atoms with E-state index in [0.717, 1.165) is 24.3 Å². The van der Waals surface area contributed by atoms with E-state index in [1.165, 1.54) is 18.2 Å². The second kappa shape index (κ2) is 10.1. The zero-order valence-electron chi connectivity index (χ0n) is 19.4. The number of hydrogen-bond donors (Lipinski definition) is 2. The fraction of sp³-hybridized carbons (Fsp3) is 0.231. The van der Waals surface area contributed by atoms with Crippen LogP contribution in [-0.4, -0.2) is 18.4 Å². The number of anilines is 1. The summed E-state index contributed by atoms with van der Waals surface area (Å²) in [5.74, 6) is -3.93. The van der Waals surface area contributed by atoms with Crippen molar-refractivity contribution in [3.8, 4) is 17.2 Å². The second-order valence-electron chi connectivity index (χ2n) is 8.57. The third-order valence-electron chi connectivity index (χ3n) is 5.63. The summed E-state index contributed by atoms with van der Waals surface area (Å²) in [5.41, 5.74) is 3.94. The SMILES string of the molecule is Cc1cc(F)ccc1Oc1cc(C2CC2)c(C(F)(F)F)cc1C(=O)Nc1ccc(F)c(OCC(N)=O)c1. The normalized spacial score (nSPS) is 13.2. The lowest BCUT2D eigenvalue weighted by Crippen LogP contribution is -2.20. The van der Waals surface area contributed by atoms with Gasteiger partial charge in [0.25, 0.3) is 11.8 Å². The summed E-state index contributed by atoms with van der Waals surface area (Å²) in [4.78, 5) is 24.1. The molecule has 0 atom stereocenters. The number of nitrogens with one attached hydrogen (secondary N) is 1. The maximum absolute atomic E-state index is 14.0. The van der Waals surface area contributed by atoms with Crippen LogP contribution in [0.2, 0.25) is 0 Å². The van der Waals surface area contributed by atoms with Crippen LogP contribution < -0.4 is 20.5 Å². The second-order valence-corrected chi connectivity index (χ2v) is 8.57. The van der Waals surface area contributed by atoms with E-state index in [9.17, 15) is 31.5 Å². The van der Waals surface area contributed by atoms with Crippen molar-refractivity contribution in [2.75, 3.05) is 11.9 Å². The Balaban J connectivity index is 1.74. The monoisotopic (exact) mass is 520 g/mol. The number of primary amides is 1. The van der Waals surface area contributed by atoms with Crippen molar-refractivity contribution >= 4 is 17.5 Å². The molecule has 1 saturated carbocycles. The number of carbonyl (C=O) groups is 2. The third-order valence-corrected chi connectivity index (χ3v) is 5.63. The van der Waals surface area contributed by atoms with E-state index in [2.05, 4.69) is 5.32 Å². The highest BCUT2D eigenvalue weighted by molar-refractivity contribution is 6.06. The van der Waals surface area contributed by atoms with Crippen molar-refractivity contribution < 1.29 is 41.0 Å². The van der Waals surface area contributed by atoms with Crippen molar-refractivity contribution in [2.45, 2.75) is 31.9 Å². The first-order valence-electron chi connectivity index (χ1n) is 11.1. The first-order chi connectivity index (χ1) is 17.4. The Morgan fingerprint density at radius 2 is 1.73 bits per heavy atom. The minimum Gasteiger partial charge on any atom is -0.481 e. The number of hydrogen-bond acceptors (Lipinski definition) is 4. The minimum atomic E-state index is -4.73. The molecule has 1 aliphatic rings. The molecule has 37 heavy (non-hydrogen) atoms. The van der Waals surface area contributed by atoms with Gasteiger partial charge in [-0.2, -0.15) is 13.2 Å². The number of aryl methyl sites for hydroxylation is 1. The average molecular weight is 520 g/mol. The predicted octanol–water partition coefficient (Wildman–Crippen LogP) is 6.08. The van der Waals surface area contributed by atoms with Crippen molar-refractivity contribution in [2.24, 2.45) is 5.73 Å². The van der Waals surface area contributed by atoms with Crippen LogP contribution in [0.15, 0.2) is 48.5 Å². The molecule has 0 aliphatic heterocycles. The summed E-state index contributed by atoms with van der Waals surface area (Å²) in [6.07, 6.45) is -3.61. The van der Waals surface area contributed by atoms with E-state index >= 15 is 0 Å². The summed E-state index contributed by atoms with van der Waals surface area (Å²) in [7, 11) is 0. The van der Waals surface area contributed by atoms with Crippen LogP contribution in [0.1, 0.15) is 45.8 Å². The lowest BCUT2D eigenvalue weighted by Gasteiger charge is -2.19. The topological polar surface area (TPSA) is 90.7 Å². The van der Waals surface area contributed by atoms with Gasteiger partial charge in [0, 0.05) is 11.8 Å². The molecule has 0 unspecified atom stereocenters. The fourth-order valence-corrected chi connectivity index (χ4v) is 3.72. The Kier molecular flexibility index (Phi) is 7.06. The highest BCUT2D eigenvalue weighted by Crippen LogP contribution is 2.48. The Bertz CT molecular complexity index is 1370. The molecule has 194 valence electrons.